The van der Waals surface area contributed by atoms with Crippen molar-refractivity contribution in [2.24, 2.45) is 5.73 Å². The van der Waals surface area contributed by atoms with E-state index in [0.29, 0.717) is 6.04 Å². The molecule has 0 unspecified atom stereocenters. The molecule has 17 heavy (non-hydrogen) atoms. The minimum atomic E-state index is 0.0269. The molecule has 0 saturated carbocycles. The summed E-state index contributed by atoms with van der Waals surface area (Å²) in [5.41, 5.74) is 8.79. The molecule has 0 aliphatic carbocycles. The normalized spacial score (nSPS) is 16.0. The van der Waals surface area contributed by atoms with Crippen LogP contribution in [-0.2, 0) is 13.0 Å². The average molecular weight is 232 g/mol. The molecule has 0 radical (unpaired) electrons. The van der Waals surface area contributed by atoms with E-state index in [2.05, 4.69) is 24.8 Å². The van der Waals surface area contributed by atoms with Gasteiger partial charge in [-0.3, -0.25) is 9.69 Å². The number of hydrogen-bond donors (Lipinski definition) is 1. The van der Waals surface area contributed by atoms with E-state index in [9.17, 15) is 4.79 Å². The van der Waals surface area contributed by atoms with E-state index in [1.165, 1.54) is 11.1 Å². The molecule has 0 spiro atoms. The molecular weight excluding hydrogens is 212 g/mol. The molecule has 1 aliphatic rings. The molecule has 2 rings (SSSR count). The van der Waals surface area contributed by atoms with Gasteiger partial charge in [0.05, 0.1) is 6.54 Å². The summed E-state index contributed by atoms with van der Waals surface area (Å²) in [7, 11) is 0. The van der Waals surface area contributed by atoms with Gasteiger partial charge in [0.25, 0.3) is 0 Å². The monoisotopic (exact) mass is 232 g/mol. The van der Waals surface area contributed by atoms with Gasteiger partial charge in [-0.25, -0.2) is 0 Å². The lowest BCUT2D eigenvalue weighted by molar-refractivity contribution is 0.100. The molecule has 0 atom stereocenters. The van der Waals surface area contributed by atoms with Crippen LogP contribution in [-0.4, -0.2) is 29.8 Å². The van der Waals surface area contributed by atoms with Gasteiger partial charge >= 0.3 is 0 Å². The van der Waals surface area contributed by atoms with E-state index in [1.54, 1.807) is 0 Å². The third kappa shape index (κ3) is 2.56. The molecule has 0 bridgehead atoms. The van der Waals surface area contributed by atoms with E-state index in [0.717, 1.165) is 25.1 Å². The van der Waals surface area contributed by atoms with E-state index in [-0.39, 0.29) is 12.3 Å². The smallest absolute Gasteiger partial charge is 0.176 e. The van der Waals surface area contributed by atoms with Crippen molar-refractivity contribution in [1.29, 1.82) is 0 Å². The van der Waals surface area contributed by atoms with Crippen LogP contribution in [0, 0.1) is 0 Å². The predicted molar refractivity (Wildman–Crippen MR) is 69.1 cm³/mol. The Balaban J connectivity index is 2.22. The van der Waals surface area contributed by atoms with E-state index >= 15 is 0 Å². The van der Waals surface area contributed by atoms with E-state index in [4.69, 9.17) is 5.73 Å². The Bertz CT molecular complexity index is 426. The standard InChI is InChI=1S/C14H20N2O/c1-10(2)16-6-5-11-7-12(14(17)8-15)3-4-13(11)9-16/h3-4,7,10H,5-6,8-9,15H2,1-2H3. The lowest BCUT2D eigenvalue weighted by Gasteiger charge is -2.32. The topological polar surface area (TPSA) is 46.3 Å². The lowest BCUT2D eigenvalue weighted by Crippen LogP contribution is -2.35. The highest BCUT2D eigenvalue weighted by atomic mass is 16.1. The SMILES string of the molecule is CC(C)N1CCc2cc(C(=O)CN)ccc2C1. The first-order valence-corrected chi connectivity index (χ1v) is 6.21. The highest BCUT2D eigenvalue weighted by Crippen LogP contribution is 2.21. The summed E-state index contributed by atoms with van der Waals surface area (Å²) >= 11 is 0. The van der Waals surface area contributed by atoms with Crippen LogP contribution in [0.1, 0.15) is 35.3 Å². The Hall–Kier alpha value is -1.19. The molecule has 3 heteroatoms. The maximum atomic E-state index is 11.5. The third-order valence-corrected chi connectivity index (χ3v) is 3.49. The van der Waals surface area contributed by atoms with Crippen molar-refractivity contribution in [3.05, 3.63) is 34.9 Å². The Labute approximate surface area is 103 Å². The first-order valence-electron chi connectivity index (χ1n) is 6.21. The quantitative estimate of drug-likeness (QED) is 0.805. The molecule has 0 amide bonds. The molecule has 3 nitrogen and oxygen atoms in total. The van der Waals surface area contributed by atoms with Crippen LogP contribution in [0.2, 0.25) is 0 Å². The van der Waals surface area contributed by atoms with Crippen molar-refractivity contribution in [1.82, 2.24) is 4.90 Å². The van der Waals surface area contributed by atoms with Crippen LogP contribution in [0.4, 0.5) is 0 Å². The van der Waals surface area contributed by atoms with Crippen LogP contribution >= 0.6 is 0 Å². The molecule has 2 N–H and O–H groups in total. The molecule has 1 aliphatic heterocycles. The van der Waals surface area contributed by atoms with Gasteiger partial charge < -0.3 is 5.73 Å². The fraction of sp³-hybridized carbons (Fsp3) is 0.500. The van der Waals surface area contributed by atoms with Gasteiger partial charge in [-0.05, 0) is 37.5 Å². The second kappa shape index (κ2) is 4.98. The van der Waals surface area contributed by atoms with Gasteiger partial charge in [0.2, 0.25) is 0 Å². The number of carbonyl (C=O) groups is 1. The number of Topliss-reactive ketones (excluding diaryl/α,β-unsaturated/α-hetero) is 1. The molecule has 0 aromatic heterocycles. The predicted octanol–water partition coefficient (Wildman–Crippen LogP) is 1.59. The van der Waals surface area contributed by atoms with Crippen LogP contribution < -0.4 is 5.73 Å². The summed E-state index contributed by atoms with van der Waals surface area (Å²) in [5, 5.41) is 0. The number of carbonyl (C=O) groups excluding carboxylic acids is 1. The summed E-state index contributed by atoms with van der Waals surface area (Å²) in [5.74, 6) is 0.0269. The molecule has 92 valence electrons. The van der Waals surface area contributed by atoms with Gasteiger partial charge in [0.1, 0.15) is 0 Å². The number of nitrogens with two attached hydrogens (primary N) is 1. The molecule has 1 heterocycles. The zero-order valence-corrected chi connectivity index (χ0v) is 10.6. The zero-order valence-electron chi connectivity index (χ0n) is 10.6. The Morgan fingerprint density at radius 3 is 2.82 bits per heavy atom. The van der Waals surface area contributed by atoms with Crippen LogP contribution in [0.3, 0.4) is 0 Å². The van der Waals surface area contributed by atoms with Crippen molar-refractivity contribution in [3.63, 3.8) is 0 Å². The summed E-state index contributed by atoms with van der Waals surface area (Å²) in [6.07, 6.45) is 1.03. The van der Waals surface area contributed by atoms with Crippen molar-refractivity contribution in [3.8, 4) is 0 Å². The van der Waals surface area contributed by atoms with E-state index < -0.39 is 0 Å². The molecular formula is C14H20N2O. The average Bonchev–Trinajstić information content (AvgIpc) is 2.36. The van der Waals surface area contributed by atoms with Gasteiger partial charge in [0.15, 0.2) is 5.78 Å². The number of nitrogens with zero attached hydrogens (tertiary/aromatic N) is 1. The minimum absolute atomic E-state index is 0.0269. The van der Waals surface area contributed by atoms with Crippen LogP contribution in [0.25, 0.3) is 0 Å². The van der Waals surface area contributed by atoms with Crippen molar-refractivity contribution < 1.29 is 4.79 Å². The molecule has 1 aromatic carbocycles. The lowest BCUT2D eigenvalue weighted by atomic mass is 9.95. The highest BCUT2D eigenvalue weighted by molar-refractivity contribution is 5.97. The highest BCUT2D eigenvalue weighted by Gasteiger charge is 2.19. The number of ketones is 1. The molecule has 1 aromatic rings. The van der Waals surface area contributed by atoms with Crippen molar-refractivity contribution >= 4 is 5.78 Å². The zero-order chi connectivity index (χ0) is 12.4. The van der Waals surface area contributed by atoms with Crippen LogP contribution in [0.15, 0.2) is 18.2 Å². The first kappa shape index (κ1) is 12.3. The van der Waals surface area contributed by atoms with Gasteiger partial charge in [-0.2, -0.15) is 0 Å². The second-order valence-corrected chi connectivity index (χ2v) is 4.93. The maximum absolute atomic E-state index is 11.5. The third-order valence-electron chi connectivity index (χ3n) is 3.49. The summed E-state index contributed by atoms with van der Waals surface area (Å²) in [6, 6.07) is 6.57. The minimum Gasteiger partial charge on any atom is -0.324 e. The Morgan fingerprint density at radius 1 is 1.41 bits per heavy atom. The number of rotatable bonds is 3. The fourth-order valence-corrected chi connectivity index (χ4v) is 2.31. The van der Waals surface area contributed by atoms with Gasteiger partial charge in [-0.15, -0.1) is 0 Å². The molecule has 0 fully saturated rings. The van der Waals surface area contributed by atoms with Gasteiger partial charge in [0, 0.05) is 24.7 Å². The van der Waals surface area contributed by atoms with Crippen molar-refractivity contribution in [2.45, 2.75) is 32.9 Å². The maximum Gasteiger partial charge on any atom is 0.176 e. The number of hydrogen-bond acceptors (Lipinski definition) is 3. The van der Waals surface area contributed by atoms with Gasteiger partial charge in [-0.1, -0.05) is 12.1 Å². The van der Waals surface area contributed by atoms with Crippen molar-refractivity contribution in [2.75, 3.05) is 13.1 Å². The Kier molecular flexibility index (Phi) is 3.60. The summed E-state index contributed by atoms with van der Waals surface area (Å²) in [4.78, 5) is 14.0. The second-order valence-electron chi connectivity index (χ2n) is 4.93. The van der Waals surface area contributed by atoms with Crippen LogP contribution in [0.5, 0.6) is 0 Å². The largest absolute Gasteiger partial charge is 0.324 e. The summed E-state index contributed by atoms with van der Waals surface area (Å²) in [6.45, 7) is 6.60. The van der Waals surface area contributed by atoms with E-state index in [1.807, 2.05) is 12.1 Å². The summed E-state index contributed by atoms with van der Waals surface area (Å²) < 4.78 is 0. The number of benzene rings is 1. The molecule has 0 saturated heterocycles. The first-order chi connectivity index (χ1) is 8.11. The Morgan fingerprint density at radius 2 is 2.18 bits per heavy atom. The fourth-order valence-electron chi connectivity index (χ4n) is 2.31. The number of fused-ring (bicyclic) bond motifs is 1.